The van der Waals surface area contributed by atoms with Crippen LogP contribution in [0.25, 0.3) is 10.9 Å². The number of aryl methyl sites for hydroxylation is 1. The molecule has 0 unspecified atom stereocenters. The average Bonchev–Trinajstić information content (AvgIpc) is 3.25. The Morgan fingerprint density at radius 3 is 3.09 bits per heavy atom. The van der Waals surface area contributed by atoms with Gasteiger partial charge in [-0.15, -0.1) is 10.2 Å². The molecule has 1 N–H and O–H groups in total. The van der Waals surface area contributed by atoms with Gasteiger partial charge in [0.25, 0.3) is 5.56 Å². The molecule has 1 aliphatic carbocycles. The summed E-state index contributed by atoms with van der Waals surface area (Å²) in [5.74, 6) is 1.24. The zero-order chi connectivity index (χ0) is 15.1. The first-order valence-electron chi connectivity index (χ1n) is 7.23. The van der Waals surface area contributed by atoms with Crippen LogP contribution in [0.5, 0.6) is 0 Å². The third-order valence-electron chi connectivity index (χ3n) is 3.81. The molecule has 0 spiro atoms. The number of nitrogens with one attached hydrogen (secondary N) is 1. The minimum absolute atomic E-state index is 0.0899. The summed E-state index contributed by atoms with van der Waals surface area (Å²) in [6, 6.07) is 6.19. The van der Waals surface area contributed by atoms with Gasteiger partial charge in [-0.2, -0.15) is 0 Å². The first kappa shape index (κ1) is 13.5. The number of thioether (sulfide) groups is 1. The molecule has 0 radical (unpaired) electrons. The Bertz CT molecular complexity index is 896. The Morgan fingerprint density at radius 2 is 2.27 bits per heavy atom. The molecule has 1 saturated carbocycles. The maximum absolute atomic E-state index is 12.2. The van der Waals surface area contributed by atoms with Crippen LogP contribution < -0.4 is 5.56 Å². The highest BCUT2D eigenvalue weighted by atomic mass is 32.2. The smallest absolute Gasteiger partial charge is 0.258 e. The molecule has 6 nitrogen and oxygen atoms in total. The third kappa shape index (κ3) is 2.41. The highest BCUT2D eigenvalue weighted by molar-refractivity contribution is 7.98. The third-order valence-corrected chi connectivity index (χ3v) is 4.77. The van der Waals surface area contributed by atoms with Crippen LogP contribution >= 0.6 is 11.8 Å². The molecule has 1 aromatic carbocycles. The first-order chi connectivity index (χ1) is 10.7. The maximum atomic E-state index is 12.2. The largest absolute Gasteiger partial charge is 0.309 e. The molecule has 0 bridgehead atoms. The van der Waals surface area contributed by atoms with E-state index in [1.807, 2.05) is 19.1 Å². The topological polar surface area (TPSA) is 76.5 Å². The summed E-state index contributed by atoms with van der Waals surface area (Å²) in [5, 5.41) is 9.65. The Morgan fingerprint density at radius 1 is 1.41 bits per heavy atom. The summed E-state index contributed by atoms with van der Waals surface area (Å²) in [6.45, 7) is 1.97. The minimum Gasteiger partial charge on any atom is -0.309 e. The summed E-state index contributed by atoms with van der Waals surface area (Å²) in [5.41, 5.74) is 1.69. The number of H-pyrrole nitrogens is 1. The van der Waals surface area contributed by atoms with Gasteiger partial charge in [0, 0.05) is 6.04 Å². The van der Waals surface area contributed by atoms with Gasteiger partial charge in [0.05, 0.1) is 16.7 Å². The number of fused-ring (bicyclic) bond motifs is 1. The van der Waals surface area contributed by atoms with Crippen LogP contribution in [-0.2, 0) is 5.75 Å². The van der Waals surface area contributed by atoms with Gasteiger partial charge in [-0.05, 0) is 31.4 Å². The van der Waals surface area contributed by atoms with E-state index >= 15 is 0 Å². The van der Waals surface area contributed by atoms with Crippen molar-refractivity contribution in [2.24, 2.45) is 0 Å². The number of rotatable bonds is 4. The second-order valence-corrected chi connectivity index (χ2v) is 6.47. The molecule has 112 valence electrons. The fourth-order valence-electron chi connectivity index (χ4n) is 2.49. The molecule has 0 amide bonds. The average molecular weight is 313 g/mol. The van der Waals surface area contributed by atoms with Crippen molar-refractivity contribution < 1.29 is 0 Å². The molecule has 0 aliphatic heterocycles. The summed E-state index contributed by atoms with van der Waals surface area (Å²) in [6.07, 6.45) is 4.16. The van der Waals surface area contributed by atoms with Crippen molar-refractivity contribution in [3.05, 3.63) is 46.3 Å². The molecule has 22 heavy (non-hydrogen) atoms. The molecule has 1 aliphatic rings. The van der Waals surface area contributed by atoms with E-state index in [4.69, 9.17) is 0 Å². The second-order valence-electron chi connectivity index (χ2n) is 5.52. The molecular weight excluding hydrogens is 298 g/mol. The monoisotopic (exact) mass is 313 g/mol. The van der Waals surface area contributed by atoms with E-state index in [1.54, 1.807) is 24.2 Å². The fraction of sp³-hybridized carbons (Fsp3) is 0.333. The van der Waals surface area contributed by atoms with Crippen molar-refractivity contribution in [1.29, 1.82) is 0 Å². The van der Waals surface area contributed by atoms with Crippen LogP contribution in [0.2, 0.25) is 0 Å². The lowest BCUT2D eigenvalue weighted by atomic mass is 10.1. The first-order valence-corrected chi connectivity index (χ1v) is 8.22. The summed E-state index contributed by atoms with van der Waals surface area (Å²) >= 11 is 1.55. The molecular formula is C15H15N5OS. The van der Waals surface area contributed by atoms with Crippen LogP contribution in [0, 0.1) is 6.92 Å². The van der Waals surface area contributed by atoms with Gasteiger partial charge in [0.1, 0.15) is 12.2 Å². The van der Waals surface area contributed by atoms with Crippen LogP contribution in [0.15, 0.2) is 34.5 Å². The van der Waals surface area contributed by atoms with E-state index in [-0.39, 0.29) is 5.56 Å². The van der Waals surface area contributed by atoms with Crippen LogP contribution in [0.1, 0.15) is 30.3 Å². The highest BCUT2D eigenvalue weighted by Crippen LogP contribution is 2.37. The van der Waals surface area contributed by atoms with E-state index in [9.17, 15) is 4.79 Å². The Hall–Kier alpha value is -2.15. The Kier molecular flexibility index (Phi) is 3.22. The van der Waals surface area contributed by atoms with Crippen molar-refractivity contribution >= 4 is 22.7 Å². The number of nitrogens with zero attached hydrogens (tertiary/aromatic N) is 4. The van der Waals surface area contributed by atoms with Gasteiger partial charge in [0.2, 0.25) is 0 Å². The SMILES string of the molecule is Cc1cccc2c(=O)[nH]c(CSc3nncn3C3CC3)nc12. The zero-order valence-electron chi connectivity index (χ0n) is 12.1. The second kappa shape index (κ2) is 5.24. The number of benzene rings is 1. The lowest BCUT2D eigenvalue weighted by molar-refractivity contribution is 0.662. The number of aromatic nitrogens is 5. The van der Waals surface area contributed by atoms with Crippen molar-refractivity contribution in [3.8, 4) is 0 Å². The van der Waals surface area contributed by atoms with Crippen molar-refractivity contribution in [3.63, 3.8) is 0 Å². The number of para-hydroxylation sites is 1. The Labute approximate surface area is 131 Å². The van der Waals surface area contributed by atoms with E-state index in [2.05, 4.69) is 24.7 Å². The highest BCUT2D eigenvalue weighted by Gasteiger charge is 2.26. The Balaban J connectivity index is 1.63. The number of hydrogen-bond donors (Lipinski definition) is 1. The summed E-state index contributed by atoms with van der Waals surface area (Å²) < 4.78 is 2.11. The summed E-state index contributed by atoms with van der Waals surface area (Å²) in [7, 11) is 0. The predicted octanol–water partition coefficient (Wildman–Crippen LogP) is 2.45. The van der Waals surface area contributed by atoms with Gasteiger partial charge in [-0.3, -0.25) is 4.79 Å². The van der Waals surface area contributed by atoms with Gasteiger partial charge in [-0.25, -0.2) is 4.98 Å². The maximum Gasteiger partial charge on any atom is 0.258 e. The molecule has 0 saturated heterocycles. The zero-order valence-corrected chi connectivity index (χ0v) is 12.9. The van der Waals surface area contributed by atoms with E-state index < -0.39 is 0 Å². The lowest BCUT2D eigenvalue weighted by Gasteiger charge is -2.06. The van der Waals surface area contributed by atoms with Gasteiger partial charge >= 0.3 is 0 Å². The minimum atomic E-state index is -0.0899. The molecule has 2 heterocycles. The molecule has 3 aromatic rings. The van der Waals surface area contributed by atoms with Crippen LogP contribution in [0.4, 0.5) is 0 Å². The van der Waals surface area contributed by atoms with Gasteiger partial charge < -0.3 is 9.55 Å². The molecule has 0 atom stereocenters. The van der Waals surface area contributed by atoms with E-state index in [1.165, 1.54) is 12.8 Å². The van der Waals surface area contributed by atoms with Crippen LogP contribution in [0.3, 0.4) is 0 Å². The van der Waals surface area contributed by atoms with Gasteiger partial charge in [0.15, 0.2) is 5.16 Å². The lowest BCUT2D eigenvalue weighted by Crippen LogP contribution is -2.12. The predicted molar refractivity (Wildman–Crippen MR) is 85.0 cm³/mol. The molecule has 4 rings (SSSR count). The fourth-order valence-corrected chi connectivity index (χ4v) is 3.34. The normalized spacial score (nSPS) is 14.6. The van der Waals surface area contributed by atoms with E-state index in [0.717, 1.165) is 16.2 Å². The van der Waals surface area contributed by atoms with Crippen molar-refractivity contribution in [2.75, 3.05) is 0 Å². The molecule has 7 heteroatoms. The summed E-state index contributed by atoms with van der Waals surface area (Å²) in [4.78, 5) is 19.6. The van der Waals surface area contributed by atoms with Gasteiger partial charge in [-0.1, -0.05) is 23.9 Å². The number of hydrogen-bond acceptors (Lipinski definition) is 5. The van der Waals surface area contributed by atoms with Crippen LogP contribution in [-0.4, -0.2) is 24.7 Å². The molecule has 2 aromatic heterocycles. The van der Waals surface area contributed by atoms with E-state index in [0.29, 0.717) is 23.0 Å². The van der Waals surface area contributed by atoms with Crippen molar-refractivity contribution in [2.45, 2.75) is 36.7 Å². The standard InChI is InChI=1S/C15H15N5OS/c1-9-3-2-4-11-13(9)17-12(18-14(11)21)7-22-15-19-16-8-20(15)10-5-6-10/h2-4,8,10H,5-7H2,1H3,(H,17,18,21). The van der Waals surface area contributed by atoms with Crippen molar-refractivity contribution in [1.82, 2.24) is 24.7 Å². The number of aromatic amines is 1. The molecule has 1 fully saturated rings. The quantitative estimate of drug-likeness (QED) is 0.749.